The van der Waals surface area contributed by atoms with Gasteiger partial charge in [0.05, 0.1) is 19.4 Å². The third-order valence-corrected chi connectivity index (χ3v) is 7.48. The molecule has 6 rings (SSSR count). The van der Waals surface area contributed by atoms with Crippen molar-refractivity contribution in [2.45, 2.75) is 25.7 Å². The Morgan fingerprint density at radius 3 is 2.72 bits per heavy atom. The minimum absolute atomic E-state index is 0.0477. The van der Waals surface area contributed by atoms with Crippen LogP contribution in [0.25, 0.3) is 27.5 Å². The molecule has 0 spiro atoms. The molecule has 0 unspecified atom stereocenters. The molecular formula is C30H29F2N5O2. The van der Waals surface area contributed by atoms with Gasteiger partial charge in [-0.15, -0.1) is 0 Å². The van der Waals surface area contributed by atoms with Crippen LogP contribution >= 0.6 is 0 Å². The highest BCUT2D eigenvalue weighted by Gasteiger charge is 2.27. The van der Waals surface area contributed by atoms with Gasteiger partial charge in [0.15, 0.2) is 0 Å². The molecule has 1 N–H and O–H groups in total. The summed E-state index contributed by atoms with van der Waals surface area (Å²) in [6.45, 7) is 1.84. The summed E-state index contributed by atoms with van der Waals surface area (Å²) < 4.78 is 35.9. The molecule has 39 heavy (non-hydrogen) atoms. The fourth-order valence-electron chi connectivity index (χ4n) is 5.53. The van der Waals surface area contributed by atoms with Gasteiger partial charge >= 0.3 is 0 Å². The van der Waals surface area contributed by atoms with Gasteiger partial charge in [0.1, 0.15) is 11.5 Å². The zero-order chi connectivity index (χ0) is 27.1. The van der Waals surface area contributed by atoms with Gasteiger partial charge in [-0.2, -0.15) is 5.10 Å². The molecule has 0 bridgehead atoms. The van der Waals surface area contributed by atoms with E-state index >= 15 is 0 Å². The number of pyridine rings is 1. The molecule has 2 aliphatic heterocycles. The number of hydrogen-bond acceptors (Lipinski definition) is 5. The molecule has 0 aliphatic carbocycles. The van der Waals surface area contributed by atoms with E-state index in [1.807, 2.05) is 17.0 Å². The van der Waals surface area contributed by atoms with Crippen LogP contribution in [0.2, 0.25) is 0 Å². The Hall–Kier alpha value is -4.11. The van der Waals surface area contributed by atoms with Gasteiger partial charge in [0.25, 0.3) is 12.3 Å². The number of aromatic nitrogens is 3. The number of nitrogens with zero attached hydrogens (tertiary/aromatic N) is 4. The molecule has 0 fully saturated rings. The average Bonchev–Trinajstić information content (AvgIpc) is 3.41. The van der Waals surface area contributed by atoms with E-state index in [-0.39, 0.29) is 17.2 Å². The van der Waals surface area contributed by atoms with Crippen molar-refractivity contribution in [3.63, 3.8) is 0 Å². The number of benzene rings is 2. The first-order valence-electron chi connectivity index (χ1n) is 13.1. The number of alkyl halides is 2. The standard InChI is InChI=1S/C30H29F2N5O2/c1-33-30(38)26-14-20-6-5-19(18-7-10-39-11-8-18)12-24(20)29(35-26)37-9-3-4-21-13-23(22-16-34-36(2)17-22)25(28(31)32)15-27(21)37/h5-7,12-17,28H,3-4,8-11H2,1-2H3,(H,33,38). The van der Waals surface area contributed by atoms with Gasteiger partial charge in [0, 0.05) is 49.0 Å². The van der Waals surface area contributed by atoms with Crippen molar-refractivity contribution in [2.75, 3.05) is 31.7 Å². The van der Waals surface area contributed by atoms with Gasteiger partial charge in [0.2, 0.25) is 0 Å². The normalized spacial score (nSPS) is 15.4. The maximum absolute atomic E-state index is 14.4. The molecule has 0 atom stereocenters. The number of anilines is 2. The van der Waals surface area contributed by atoms with Crippen molar-refractivity contribution in [1.82, 2.24) is 20.1 Å². The van der Waals surface area contributed by atoms with Gasteiger partial charge in [-0.3, -0.25) is 9.48 Å². The Labute approximate surface area is 225 Å². The average molecular weight is 530 g/mol. The smallest absolute Gasteiger partial charge is 0.269 e. The molecular weight excluding hydrogens is 500 g/mol. The van der Waals surface area contributed by atoms with Crippen LogP contribution in [-0.2, 0) is 18.2 Å². The third kappa shape index (κ3) is 4.67. The molecule has 0 saturated carbocycles. The minimum atomic E-state index is -2.66. The van der Waals surface area contributed by atoms with E-state index in [2.05, 4.69) is 28.6 Å². The lowest BCUT2D eigenvalue weighted by Crippen LogP contribution is -2.27. The first-order chi connectivity index (χ1) is 18.9. The Bertz CT molecular complexity index is 1610. The Morgan fingerprint density at radius 1 is 1.13 bits per heavy atom. The highest BCUT2D eigenvalue weighted by molar-refractivity contribution is 6.02. The second-order valence-corrected chi connectivity index (χ2v) is 9.93. The lowest BCUT2D eigenvalue weighted by molar-refractivity contribution is 0.0958. The summed E-state index contributed by atoms with van der Waals surface area (Å²) in [6, 6.07) is 11.4. The number of aryl methyl sites for hydroxylation is 2. The number of fused-ring (bicyclic) bond motifs is 2. The predicted octanol–water partition coefficient (Wildman–Crippen LogP) is 5.82. The van der Waals surface area contributed by atoms with Crippen LogP contribution in [0.1, 0.15) is 46.4 Å². The maximum Gasteiger partial charge on any atom is 0.269 e. The quantitative estimate of drug-likeness (QED) is 0.353. The molecule has 2 aliphatic rings. The van der Waals surface area contributed by atoms with Crippen LogP contribution in [0.15, 0.2) is 54.9 Å². The van der Waals surface area contributed by atoms with E-state index in [4.69, 9.17) is 9.72 Å². The number of carbonyl (C=O) groups is 1. The maximum atomic E-state index is 14.4. The van der Waals surface area contributed by atoms with E-state index in [1.165, 1.54) is 5.57 Å². The van der Waals surface area contributed by atoms with Crippen LogP contribution in [-0.4, -0.2) is 47.5 Å². The second kappa shape index (κ2) is 10.2. The van der Waals surface area contributed by atoms with Crippen molar-refractivity contribution in [1.29, 1.82) is 0 Å². The number of ether oxygens (including phenoxy) is 1. The van der Waals surface area contributed by atoms with E-state index in [0.717, 1.165) is 41.2 Å². The highest BCUT2D eigenvalue weighted by atomic mass is 19.3. The van der Waals surface area contributed by atoms with Crippen LogP contribution < -0.4 is 10.2 Å². The van der Waals surface area contributed by atoms with E-state index in [1.54, 1.807) is 43.3 Å². The topological polar surface area (TPSA) is 72.3 Å². The minimum Gasteiger partial charge on any atom is -0.377 e. The Balaban J connectivity index is 1.55. The molecule has 0 saturated heterocycles. The second-order valence-electron chi connectivity index (χ2n) is 9.93. The molecule has 2 aromatic heterocycles. The summed E-state index contributed by atoms with van der Waals surface area (Å²) in [4.78, 5) is 19.5. The Kier molecular flexibility index (Phi) is 6.60. The molecule has 4 aromatic rings. The van der Waals surface area contributed by atoms with Crippen molar-refractivity contribution >= 4 is 33.8 Å². The van der Waals surface area contributed by atoms with E-state index in [9.17, 15) is 13.6 Å². The summed E-state index contributed by atoms with van der Waals surface area (Å²) in [6.07, 6.45) is 5.18. The first kappa shape index (κ1) is 25.2. The zero-order valence-electron chi connectivity index (χ0n) is 21.9. The van der Waals surface area contributed by atoms with Crippen molar-refractivity contribution < 1.29 is 18.3 Å². The summed E-state index contributed by atoms with van der Waals surface area (Å²) in [5.74, 6) is 0.294. The van der Waals surface area contributed by atoms with Gasteiger partial charge in [-0.1, -0.05) is 18.2 Å². The molecule has 4 heterocycles. The summed E-state index contributed by atoms with van der Waals surface area (Å²) in [5, 5.41) is 8.58. The van der Waals surface area contributed by atoms with Crippen LogP contribution in [0.5, 0.6) is 0 Å². The first-order valence-corrected chi connectivity index (χ1v) is 13.1. The number of rotatable bonds is 5. The predicted molar refractivity (Wildman–Crippen MR) is 147 cm³/mol. The summed E-state index contributed by atoms with van der Waals surface area (Å²) in [7, 11) is 3.34. The van der Waals surface area contributed by atoms with Gasteiger partial charge in [-0.05, 0) is 71.2 Å². The number of amides is 1. The van der Waals surface area contributed by atoms with Crippen molar-refractivity contribution in [3.05, 3.63) is 77.3 Å². The number of hydrogen-bond donors (Lipinski definition) is 1. The van der Waals surface area contributed by atoms with E-state index < -0.39 is 6.43 Å². The highest BCUT2D eigenvalue weighted by Crippen LogP contribution is 2.43. The zero-order valence-corrected chi connectivity index (χ0v) is 21.9. The number of halogens is 2. The molecule has 1 amide bonds. The van der Waals surface area contributed by atoms with Crippen LogP contribution in [0, 0.1) is 0 Å². The fourth-order valence-corrected chi connectivity index (χ4v) is 5.53. The number of nitrogens with one attached hydrogen (secondary N) is 1. The number of carbonyl (C=O) groups excluding carboxylic acids is 1. The summed E-state index contributed by atoms with van der Waals surface area (Å²) >= 11 is 0. The van der Waals surface area contributed by atoms with Gasteiger partial charge in [-0.25, -0.2) is 13.8 Å². The third-order valence-electron chi connectivity index (χ3n) is 7.48. The SMILES string of the molecule is CNC(=O)c1cc2ccc(C3=CCOCC3)cc2c(N2CCCc3cc(-c4cnn(C)c4)c(C(F)F)cc32)n1. The van der Waals surface area contributed by atoms with Crippen LogP contribution in [0.3, 0.4) is 0 Å². The van der Waals surface area contributed by atoms with Gasteiger partial charge < -0.3 is 15.0 Å². The molecule has 7 nitrogen and oxygen atoms in total. The lowest BCUT2D eigenvalue weighted by atomic mass is 9.92. The monoisotopic (exact) mass is 529 g/mol. The molecule has 2 aromatic carbocycles. The Morgan fingerprint density at radius 2 is 2.00 bits per heavy atom. The molecule has 9 heteroatoms. The van der Waals surface area contributed by atoms with E-state index in [0.29, 0.717) is 42.4 Å². The largest absolute Gasteiger partial charge is 0.377 e. The summed E-state index contributed by atoms with van der Waals surface area (Å²) in [5.41, 5.74) is 5.32. The molecule has 200 valence electrons. The molecule has 0 radical (unpaired) electrons. The lowest BCUT2D eigenvalue weighted by Gasteiger charge is -2.33. The van der Waals surface area contributed by atoms with Crippen LogP contribution in [0.4, 0.5) is 20.3 Å². The fraction of sp³-hybridized carbons (Fsp3) is 0.300. The van der Waals surface area contributed by atoms with Crippen molar-refractivity contribution in [2.24, 2.45) is 7.05 Å². The van der Waals surface area contributed by atoms with Crippen molar-refractivity contribution in [3.8, 4) is 11.1 Å².